The van der Waals surface area contributed by atoms with Gasteiger partial charge in [-0.25, -0.2) is 0 Å². The average molecular weight is 429 g/mol. The van der Waals surface area contributed by atoms with Crippen molar-refractivity contribution in [1.29, 1.82) is 0 Å². The molecule has 6 nitrogen and oxygen atoms in total. The van der Waals surface area contributed by atoms with Gasteiger partial charge < -0.3 is 9.88 Å². The summed E-state index contributed by atoms with van der Waals surface area (Å²) in [5.41, 5.74) is 2.36. The fraction of sp³-hybridized carbons (Fsp3) is 0.238. The van der Waals surface area contributed by atoms with Gasteiger partial charge in [0, 0.05) is 36.2 Å². The molecule has 0 saturated carbocycles. The SMILES string of the molecule is Cc1ccc(C(=O)CSc2nnc(CCNC(=O)c3ccc(Cl)cc3)n2C)cc1. The molecule has 8 heteroatoms. The predicted octanol–water partition coefficient (Wildman–Crippen LogP) is 3.72. The van der Waals surface area contributed by atoms with E-state index in [1.807, 2.05) is 42.8 Å². The summed E-state index contributed by atoms with van der Waals surface area (Å²) in [5, 5.41) is 12.4. The van der Waals surface area contributed by atoms with E-state index in [1.165, 1.54) is 11.8 Å². The smallest absolute Gasteiger partial charge is 0.251 e. The van der Waals surface area contributed by atoms with Gasteiger partial charge >= 0.3 is 0 Å². The number of ketones is 1. The molecule has 1 amide bonds. The molecule has 29 heavy (non-hydrogen) atoms. The minimum atomic E-state index is -0.165. The van der Waals surface area contributed by atoms with Crippen LogP contribution in [0.25, 0.3) is 0 Å². The number of hydrogen-bond acceptors (Lipinski definition) is 5. The first-order valence-corrected chi connectivity index (χ1v) is 10.4. The molecular weight excluding hydrogens is 408 g/mol. The van der Waals surface area contributed by atoms with Crippen LogP contribution in [0.4, 0.5) is 0 Å². The van der Waals surface area contributed by atoms with Crippen molar-refractivity contribution in [1.82, 2.24) is 20.1 Å². The van der Waals surface area contributed by atoms with Crippen LogP contribution in [-0.2, 0) is 13.5 Å². The summed E-state index contributed by atoms with van der Waals surface area (Å²) < 4.78 is 1.85. The van der Waals surface area contributed by atoms with Crippen LogP contribution in [-0.4, -0.2) is 38.8 Å². The lowest BCUT2D eigenvalue weighted by molar-refractivity contribution is 0.0953. The Bertz CT molecular complexity index is 1000. The van der Waals surface area contributed by atoms with Gasteiger partial charge in [-0.2, -0.15) is 0 Å². The summed E-state index contributed by atoms with van der Waals surface area (Å²) in [5.74, 6) is 0.922. The van der Waals surface area contributed by atoms with Crippen molar-refractivity contribution in [2.45, 2.75) is 18.5 Å². The Kier molecular flexibility index (Phi) is 7.06. The predicted molar refractivity (Wildman–Crippen MR) is 115 cm³/mol. The summed E-state index contributed by atoms with van der Waals surface area (Å²) in [6, 6.07) is 14.3. The van der Waals surface area contributed by atoms with Crippen molar-refractivity contribution >= 4 is 35.1 Å². The first-order valence-electron chi connectivity index (χ1n) is 9.09. The van der Waals surface area contributed by atoms with Gasteiger partial charge in [0.05, 0.1) is 5.75 Å². The van der Waals surface area contributed by atoms with Gasteiger partial charge in [0.1, 0.15) is 5.82 Å². The lowest BCUT2D eigenvalue weighted by atomic mass is 10.1. The highest BCUT2D eigenvalue weighted by molar-refractivity contribution is 7.99. The molecule has 3 aromatic rings. The summed E-state index contributed by atoms with van der Waals surface area (Å²) in [7, 11) is 1.86. The maximum Gasteiger partial charge on any atom is 0.251 e. The molecule has 150 valence electrons. The minimum Gasteiger partial charge on any atom is -0.352 e. The minimum absolute atomic E-state index is 0.0507. The fourth-order valence-electron chi connectivity index (χ4n) is 2.63. The van der Waals surface area contributed by atoms with E-state index in [4.69, 9.17) is 11.6 Å². The number of Topliss-reactive ketones (excluding diaryl/α,β-unsaturated/α-hetero) is 1. The summed E-state index contributed by atoms with van der Waals surface area (Å²) in [4.78, 5) is 24.4. The highest BCUT2D eigenvalue weighted by atomic mass is 35.5. The highest BCUT2D eigenvalue weighted by Gasteiger charge is 2.13. The third-order valence-corrected chi connectivity index (χ3v) is 5.64. The highest BCUT2D eigenvalue weighted by Crippen LogP contribution is 2.18. The second kappa shape index (κ2) is 9.71. The number of thioether (sulfide) groups is 1. The Morgan fingerprint density at radius 3 is 2.38 bits per heavy atom. The Hall–Kier alpha value is -2.64. The number of benzene rings is 2. The van der Waals surface area contributed by atoms with E-state index in [1.54, 1.807) is 24.3 Å². The van der Waals surface area contributed by atoms with Gasteiger partial charge in [-0.05, 0) is 31.2 Å². The van der Waals surface area contributed by atoms with Crippen molar-refractivity contribution in [3.05, 3.63) is 76.1 Å². The monoisotopic (exact) mass is 428 g/mol. The molecule has 0 bridgehead atoms. The van der Waals surface area contributed by atoms with Gasteiger partial charge in [-0.15, -0.1) is 10.2 Å². The van der Waals surface area contributed by atoms with Gasteiger partial charge in [0.25, 0.3) is 5.91 Å². The summed E-state index contributed by atoms with van der Waals surface area (Å²) in [6.07, 6.45) is 0.537. The van der Waals surface area contributed by atoms with E-state index in [0.717, 1.165) is 11.4 Å². The van der Waals surface area contributed by atoms with E-state index in [2.05, 4.69) is 15.5 Å². The van der Waals surface area contributed by atoms with Crippen molar-refractivity contribution in [3.63, 3.8) is 0 Å². The summed E-state index contributed by atoms with van der Waals surface area (Å²) in [6.45, 7) is 2.42. The third kappa shape index (κ3) is 5.68. The number of nitrogens with zero attached hydrogens (tertiary/aromatic N) is 3. The fourth-order valence-corrected chi connectivity index (χ4v) is 3.58. The second-order valence-corrected chi connectivity index (χ2v) is 7.93. The first kappa shape index (κ1) is 21.1. The van der Waals surface area contributed by atoms with Crippen LogP contribution in [0.15, 0.2) is 53.7 Å². The Morgan fingerprint density at radius 1 is 1.03 bits per heavy atom. The molecule has 2 aromatic carbocycles. The molecular formula is C21H21ClN4O2S. The molecule has 0 aliphatic rings. The van der Waals surface area contributed by atoms with Gasteiger partial charge in [0.2, 0.25) is 0 Å². The molecule has 0 spiro atoms. The Labute approximate surface area is 178 Å². The second-order valence-electron chi connectivity index (χ2n) is 6.55. The molecule has 1 N–H and O–H groups in total. The van der Waals surface area contributed by atoms with E-state index < -0.39 is 0 Å². The maximum atomic E-state index is 12.3. The molecule has 1 aromatic heterocycles. The van der Waals surface area contributed by atoms with E-state index in [9.17, 15) is 9.59 Å². The maximum absolute atomic E-state index is 12.3. The summed E-state index contributed by atoms with van der Waals surface area (Å²) >= 11 is 7.19. The number of halogens is 1. The standard InChI is InChI=1S/C21H21ClN4O2S/c1-14-3-5-15(6-4-14)18(27)13-29-21-25-24-19(26(21)2)11-12-23-20(28)16-7-9-17(22)10-8-16/h3-10H,11-13H2,1-2H3,(H,23,28). The zero-order valence-electron chi connectivity index (χ0n) is 16.2. The van der Waals surface area contributed by atoms with Crippen molar-refractivity contribution in [2.24, 2.45) is 7.05 Å². The average Bonchev–Trinajstić information content (AvgIpc) is 3.07. The van der Waals surface area contributed by atoms with Crippen LogP contribution in [0.2, 0.25) is 5.02 Å². The first-order chi connectivity index (χ1) is 13.9. The van der Waals surface area contributed by atoms with Crippen LogP contribution >= 0.6 is 23.4 Å². The van der Waals surface area contributed by atoms with Crippen LogP contribution in [0.1, 0.15) is 32.1 Å². The molecule has 0 aliphatic heterocycles. The van der Waals surface area contributed by atoms with E-state index in [0.29, 0.717) is 40.0 Å². The largest absolute Gasteiger partial charge is 0.352 e. The lowest BCUT2D eigenvalue weighted by Crippen LogP contribution is -2.26. The molecule has 0 unspecified atom stereocenters. The van der Waals surface area contributed by atoms with Crippen molar-refractivity contribution in [2.75, 3.05) is 12.3 Å². The molecule has 0 atom stereocenters. The van der Waals surface area contributed by atoms with Crippen LogP contribution in [0.5, 0.6) is 0 Å². The zero-order valence-corrected chi connectivity index (χ0v) is 17.8. The number of rotatable bonds is 8. The van der Waals surface area contributed by atoms with E-state index in [-0.39, 0.29) is 11.7 Å². The lowest BCUT2D eigenvalue weighted by Gasteiger charge is -2.06. The Balaban J connectivity index is 1.50. The van der Waals surface area contributed by atoms with Crippen molar-refractivity contribution < 1.29 is 9.59 Å². The van der Waals surface area contributed by atoms with Crippen LogP contribution in [0.3, 0.4) is 0 Å². The number of hydrogen-bond donors (Lipinski definition) is 1. The molecule has 0 saturated heterocycles. The molecule has 0 radical (unpaired) electrons. The number of carbonyl (C=O) groups is 2. The molecule has 3 rings (SSSR count). The number of amides is 1. The quantitative estimate of drug-likeness (QED) is 0.437. The van der Waals surface area contributed by atoms with Crippen molar-refractivity contribution in [3.8, 4) is 0 Å². The third-order valence-electron chi connectivity index (χ3n) is 4.37. The normalized spacial score (nSPS) is 10.7. The Morgan fingerprint density at radius 2 is 1.69 bits per heavy atom. The van der Waals surface area contributed by atoms with Gasteiger partial charge in [-0.3, -0.25) is 9.59 Å². The van der Waals surface area contributed by atoms with Gasteiger partial charge in [-0.1, -0.05) is 53.2 Å². The number of nitrogens with one attached hydrogen (secondary N) is 1. The van der Waals surface area contributed by atoms with Crippen LogP contribution in [0, 0.1) is 6.92 Å². The number of carbonyl (C=O) groups excluding carboxylic acids is 2. The van der Waals surface area contributed by atoms with Gasteiger partial charge in [0.15, 0.2) is 10.9 Å². The zero-order chi connectivity index (χ0) is 20.8. The topological polar surface area (TPSA) is 76.9 Å². The molecule has 0 fully saturated rings. The number of aromatic nitrogens is 3. The molecule has 0 aliphatic carbocycles. The van der Waals surface area contributed by atoms with E-state index >= 15 is 0 Å². The molecule has 1 heterocycles. The van der Waals surface area contributed by atoms with Crippen LogP contribution < -0.4 is 5.32 Å². The number of aryl methyl sites for hydroxylation is 1.